The van der Waals surface area contributed by atoms with E-state index in [9.17, 15) is 0 Å². The number of unbranched alkanes of at least 4 members (excludes halogenated alkanes) is 6. The lowest BCUT2D eigenvalue weighted by Crippen LogP contribution is -1.87. The van der Waals surface area contributed by atoms with E-state index in [1.54, 1.807) is 0 Å². The minimum Gasteiger partial charge on any atom is -0.0654 e. The van der Waals surface area contributed by atoms with E-state index in [4.69, 9.17) is 0 Å². The minimum atomic E-state index is 1.01. The quantitative estimate of drug-likeness (QED) is 0.216. The fourth-order valence-corrected chi connectivity index (χ4v) is 4.01. The summed E-state index contributed by atoms with van der Waals surface area (Å²) in [6.07, 6.45) is 13.0. The second-order valence-electron chi connectivity index (χ2n) is 9.09. The SMILES string of the molecule is CCCCCCCCCc1ccc(C#Cc2ccc(C#Cc3ccc(CCC)cc3)cc2)cc1. The molecule has 0 heterocycles. The minimum absolute atomic E-state index is 1.01. The predicted octanol–water partition coefficient (Wildman–Crippen LogP) is 8.73. The Kier molecular flexibility index (Phi) is 11.1. The molecule has 0 spiro atoms. The van der Waals surface area contributed by atoms with E-state index in [1.807, 2.05) is 12.1 Å². The smallest absolute Gasteiger partial charge is 0.0249 e. The maximum absolute atomic E-state index is 3.29. The number of rotatable bonds is 10. The van der Waals surface area contributed by atoms with Gasteiger partial charge in [-0.1, -0.05) is 107 Å². The first-order chi connectivity index (χ1) is 16.8. The second kappa shape index (κ2) is 14.8. The van der Waals surface area contributed by atoms with Gasteiger partial charge in [0.15, 0.2) is 0 Å². The molecule has 0 aliphatic heterocycles. The van der Waals surface area contributed by atoms with Gasteiger partial charge in [-0.3, -0.25) is 0 Å². The maximum atomic E-state index is 3.29. The highest BCUT2D eigenvalue weighted by Gasteiger charge is 1.96. The van der Waals surface area contributed by atoms with Gasteiger partial charge in [-0.2, -0.15) is 0 Å². The summed E-state index contributed by atoms with van der Waals surface area (Å²) < 4.78 is 0. The van der Waals surface area contributed by atoms with Gasteiger partial charge in [0.1, 0.15) is 0 Å². The summed E-state index contributed by atoms with van der Waals surface area (Å²) in [7, 11) is 0. The average Bonchev–Trinajstić information content (AvgIpc) is 2.88. The van der Waals surface area contributed by atoms with Crippen LogP contribution >= 0.6 is 0 Å². The van der Waals surface area contributed by atoms with Crippen LogP contribution in [-0.4, -0.2) is 0 Å². The first-order valence-electron chi connectivity index (χ1n) is 13.1. The van der Waals surface area contributed by atoms with Gasteiger partial charge in [-0.05, 0) is 78.9 Å². The Bertz CT molecular complexity index is 1090. The lowest BCUT2D eigenvalue weighted by atomic mass is 10.0. The Morgan fingerprint density at radius 1 is 0.382 bits per heavy atom. The molecule has 0 saturated heterocycles. The van der Waals surface area contributed by atoms with E-state index in [0.29, 0.717) is 0 Å². The van der Waals surface area contributed by atoms with Gasteiger partial charge in [0.25, 0.3) is 0 Å². The molecule has 0 nitrogen and oxygen atoms in total. The molecule has 0 aliphatic carbocycles. The fourth-order valence-electron chi connectivity index (χ4n) is 4.01. The van der Waals surface area contributed by atoms with Gasteiger partial charge < -0.3 is 0 Å². The molecule has 0 saturated carbocycles. The van der Waals surface area contributed by atoms with Crippen LogP contribution in [0.2, 0.25) is 0 Å². The molecule has 34 heavy (non-hydrogen) atoms. The van der Waals surface area contributed by atoms with Crippen LogP contribution in [0.4, 0.5) is 0 Å². The van der Waals surface area contributed by atoms with Crippen molar-refractivity contribution < 1.29 is 0 Å². The Balaban J connectivity index is 1.47. The van der Waals surface area contributed by atoms with Crippen molar-refractivity contribution >= 4 is 0 Å². The third kappa shape index (κ3) is 9.33. The molecule has 0 fully saturated rings. The molecule has 0 atom stereocenters. The third-order valence-corrected chi connectivity index (χ3v) is 6.10. The Morgan fingerprint density at radius 2 is 0.735 bits per heavy atom. The highest BCUT2D eigenvalue weighted by molar-refractivity contribution is 5.48. The van der Waals surface area contributed by atoms with Crippen molar-refractivity contribution in [2.45, 2.75) is 78.1 Å². The lowest BCUT2D eigenvalue weighted by molar-refractivity contribution is 0.589. The van der Waals surface area contributed by atoms with Crippen LogP contribution in [0.5, 0.6) is 0 Å². The molecule has 3 aromatic rings. The summed E-state index contributed by atoms with van der Waals surface area (Å²) in [6.45, 7) is 4.48. The van der Waals surface area contributed by atoms with Crippen LogP contribution in [0.3, 0.4) is 0 Å². The molecule has 3 aromatic carbocycles. The highest BCUT2D eigenvalue weighted by atomic mass is 14.0. The summed E-state index contributed by atoms with van der Waals surface area (Å²) in [6, 6.07) is 25.5. The molecule has 0 N–H and O–H groups in total. The maximum Gasteiger partial charge on any atom is 0.0249 e. The van der Waals surface area contributed by atoms with Gasteiger partial charge in [0, 0.05) is 22.3 Å². The molecular weight excluding hydrogens is 408 g/mol. The highest BCUT2D eigenvalue weighted by Crippen LogP contribution is 2.12. The monoisotopic (exact) mass is 446 g/mol. The first-order valence-corrected chi connectivity index (χ1v) is 13.1. The van der Waals surface area contributed by atoms with Crippen LogP contribution in [0.1, 0.15) is 98.6 Å². The Morgan fingerprint density at radius 3 is 1.15 bits per heavy atom. The number of benzene rings is 3. The van der Waals surface area contributed by atoms with Crippen molar-refractivity contribution in [2.75, 3.05) is 0 Å². The van der Waals surface area contributed by atoms with Gasteiger partial charge in [-0.25, -0.2) is 0 Å². The number of hydrogen-bond acceptors (Lipinski definition) is 0. The Hall–Kier alpha value is -3.22. The molecule has 174 valence electrons. The lowest BCUT2D eigenvalue weighted by Gasteiger charge is -2.02. The van der Waals surface area contributed by atoms with Crippen LogP contribution in [-0.2, 0) is 12.8 Å². The van der Waals surface area contributed by atoms with E-state index in [1.165, 1.54) is 68.9 Å². The second-order valence-corrected chi connectivity index (χ2v) is 9.09. The van der Waals surface area contributed by atoms with Crippen molar-refractivity contribution in [3.8, 4) is 23.7 Å². The summed E-state index contributed by atoms with van der Waals surface area (Å²) in [4.78, 5) is 0. The van der Waals surface area contributed by atoms with Gasteiger partial charge in [0.05, 0.1) is 0 Å². The van der Waals surface area contributed by atoms with Crippen molar-refractivity contribution in [1.29, 1.82) is 0 Å². The van der Waals surface area contributed by atoms with Crippen LogP contribution in [0.25, 0.3) is 0 Å². The summed E-state index contributed by atoms with van der Waals surface area (Å²) in [5, 5.41) is 0. The molecule has 0 radical (unpaired) electrons. The van der Waals surface area contributed by atoms with E-state index in [0.717, 1.165) is 28.7 Å². The third-order valence-electron chi connectivity index (χ3n) is 6.10. The fraction of sp³-hybridized carbons (Fsp3) is 0.353. The van der Waals surface area contributed by atoms with Gasteiger partial charge >= 0.3 is 0 Å². The zero-order valence-corrected chi connectivity index (χ0v) is 21.0. The molecule has 0 aromatic heterocycles. The molecule has 0 unspecified atom stereocenters. The molecule has 3 rings (SSSR count). The molecular formula is C34H38. The molecule has 0 heteroatoms. The van der Waals surface area contributed by atoms with Crippen molar-refractivity contribution in [3.05, 3.63) is 106 Å². The molecule has 0 bridgehead atoms. The standard InChI is InChI=1S/C34H38/c1-3-5-6-7-8-9-10-12-30-15-19-32(20-16-30)22-24-34-27-25-33(26-28-34)23-21-31-17-13-29(11-4-2)14-18-31/h13-20,25-28H,3-12H2,1-2H3. The van der Waals surface area contributed by atoms with Gasteiger partial charge in [0.2, 0.25) is 0 Å². The van der Waals surface area contributed by atoms with Crippen molar-refractivity contribution in [2.24, 2.45) is 0 Å². The summed E-state index contributed by atoms with van der Waals surface area (Å²) >= 11 is 0. The number of aryl methyl sites for hydroxylation is 2. The zero-order chi connectivity index (χ0) is 23.8. The first kappa shape index (κ1) is 25.4. The normalized spacial score (nSPS) is 10.2. The zero-order valence-electron chi connectivity index (χ0n) is 21.0. The molecule has 0 aliphatic rings. The topological polar surface area (TPSA) is 0 Å². The number of hydrogen-bond donors (Lipinski definition) is 0. The van der Waals surface area contributed by atoms with Crippen molar-refractivity contribution in [1.82, 2.24) is 0 Å². The van der Waals surface area contributed by atoms with Crippen molar-refractivity contribution in [3.63, 3.8) is 0 Å². The van der Waals surface area contributed by atoms with Gasteiger partial charge in [-0.15, -0.1) is 0 Å². The van der Waals surface area contributed by atoms with E-state index in [-0.39, 0.29) is 0 Å². The van der Waals surface area contributed by atoms with E-state index < -0.39 is 0 Å². The predicted molar refractivity (Wildman–Crippen MR) is 147 cm³/mol. The summed E-state index contributed by atoms with van der Waals surface area (Å²) in [5.41, 5.74) is 6.94. The average molecular weight is 447 g/mol. The van der Waals surface area contributed by atoms with Crippen LogP contribution < -0.4 is 0 Å². The largest absolute Gasteiger partial charge is 0.0654 e. The van der Waals surface area contributed by atoms with Crippen LogP contribution in [0, 0.1) is 23.7 Å². The summed E-state index contributed by atoms with van der Waals surface area (Å²) in [5.74, 6) is 13.1. The van der Waals surface area contributed by atoms with Crippen LogP contribution in [0.15, 0.2) is 72.8 Å². The Labute approximate surface area is 207 Å². The molecule has 0 amide bonds. The van der Waals surface area contributed by atoms with E-state index in [2.05, 4.69) is 98.2 Å². The van der Waals surface area contributed by atoms with E-state index >= 15 is 0 Å².